The molecule has 0 bridgehead atoms. The fourth-order valence-electron chi connectivity index (χ4n) is 10.4. The van der Waals surface area contributed by atoms with Crippen LogP contribution in [0.15, 0.2) is 120 Å². The summed E-state index contributed by atoms with van der Waals surface area (Å²) in [7, 11) is 0. The Morgan fingerprint density at radius 3 is 1.46 bits per heavy atom. The Labute approximate surface area is 382 Å². The van der Waals surface area contributed by atoms with Crippen LogP contribution in [-0.4, -0.2) is 98.6 Å². The Morgan fingerprint density at radius 2 is 0.985 bits per heavy atom. The second-order valence-corrected chi connectivity index (χ2v) is 18.3. The number of rotatable bonds is 14. The summed E-state index contributed by atoms with van der Waals surface area (Å²) in [6.45, 7) is 4.73. The van der Waals surface area contributed by atoms with Crippen molar-refractivity contribution in [3.8, 4) is 22.8 Å². The van der Waals surface area contributed by atoms with Gasteiger partial charge in [-0.15, -0.1) is 0 Å². The van der Waals surface area contributed by atoms with Crippen LogP contribution in [0.2, 0.25) is 0 Å². The molecular weight excluding hydrogens is 815 g/mol. The third-order valence-electron chi connectivity index (χ3n) is 13.8. The van der Waals surface area contributed by atoms with E-state index >= 15 is 0 Å². The average Bonchev–Trinajstić information content (AvgIpc) is 4.13. The van der Waals surface area contributed by atoms with E-state index in [1.54, 1.807) is 6.20 Å². The van der Waals surface area contributed by atoms with Crippen LogP contribution in [0.25, 0.3) is 22.8 Å². The lowest BCUT2D eigenvalue weighted by Gasteiger charge is -2.38. The molecule has 5 heterocycles. The van der Waals surface area contributed by atoms with Gasteiger partial charge in [0.2, 0.25) is 29.5 Å². The summed E-state index contributed by atoms with van der Waals surface area (Å²) in [5.74, 6) is 1.14. The van der Waals surface area contributed by atoms with Crippen LogP contribution >= 0.6 is 0 Å². The zero-order chi connectivity index (χ0) is 44.5. The van der Waals surface area contributed by atoms with E-state index in [2.05, 4.69) is 49.7 Å². The standard InChI is InChI=1S/C53H61N7O5/c61-49(33-44-17-11-31-59(44)52(63)46-19-7-9-29-57(46)36-38-13-3-1-4-14-38)55-42-25-21-40(22-26-42)48-35-54-51(65-48)41-23-27-43(28-24-41)56-50(62)34-45-18-12-32-60(45)53(64)47-20-8-10-30-58(47)37-39-15-5-2-6-16-39/h1-6,13-16,21-28,35,44-47H,7-12,17-20,29-34,36-37H2,(H,55,61)(H,56,62)/t44-,45-,46?,47?/m0/s1. The van der Waals surface area contributed by atoms with Gasteiger partial charge in [-0.25, -0.2) is 4.98 Å². The number of carbonyl (C=O) groups excluding carboxylic acids is 4. The van der Waals surface area contributed by atoms with Gasteiger partial charge in [0.05, 0.1) is 18.3 Å². The number of hydrogen-bond acceptors (Lipinski definition) is 8. The largest absolute Gasteiger partial charge is 0.436 e. The summed E-state index contributed by atoms with van der Waals surface area (Å²) in [6, 6.07) is 35.1. The molecule has 0 aliphatic carbocycles. The first-order valence-electron chi connectivity index (χ1n) is 23.8. The number of anilines is 2. The number of amides is 4. The second kappa shape index (κ2) is 20.8. The van der Waals surface area contributed by atoms with Crippen LogP contribution in [0.4, 0.5) is 11.4 Å². The normalized spacial score (nSPS) is 21.6. The van der Waals surface area contributed by atoms with Crippen molar-refractivity contribution < 1.29 is 23.6 Å². The van der Waals surface area contributed by atoms with Gasteiger partial charge in [0.1, 0.15) is 0 Å². The number of piperidine rings is 2. The summed E-state index contributed by atoms with van der Waals surface area (Å²) in [5, 5.41) is 6.08. The number of benzene rings is 4. The van der Waals surface area contributed by atoms with Gasteiger partial charge < -0.3 is 24.9 Å². The molecule has 0 radical (unpaired) electrons. The van der Waals surface area contributed by atoms with E-state index in [-0.39, 0.29) is 60.6 Å². The van der Waals surface area contributed by atoms with Gasteiger partial charge in [-0.05, 0) is 124 Å². The molecule has 4 aliphatic heterocycles. The molecule has 0 spiro atoms. The molecule has 2 N–H and O–H groups in total. The topological polar surface area (TPSA) is 131 Å². The van der Waals surface area contributed by atoms with E-state index in [0.29, 0.717) is 36.1 Å². The summed E-state index contributed by atoms with van der Waals surface area (Å²) in [6.07, 6.45) is 11.7. The Morgan fingerprint density at radius 1 is 0.523 bits per heavy atom. The van der Waals surface area contributed by atoms with E-state index < -0.39 is 0 Å². The first-order chi connectivity index (χ1) is 31.8. The van der Waals surface area contributed by atoms with Crippen molar-refractivity contribution in [2.45, 2.75) is 114 Å². The molecule has 1 aromatic heterocycles. The molecule has 338 valence electrons. The number of aromatic nitrogens is 1. The smallest absolute Gasteiger partial charge is 0.240 e. The lowest BCUT2D eigenvalue weighted by atomic mass is 9.99. The highest BCUT2D eigenvalue weighted by Crippen LogP contribution is 2.31. The van der Waals surface area contributed by atoms with Gasteiger partial charge in [-0.3, -0.25) is 29.0 Å². The number of likely N-dealkylation sites (tertiary alicyclic amines) is 4. The maximum atomic E-state index is 13.9. The van der Waals surface area contributed by atoms with Crippen LogP contribution in [-0.2, 0) is 32.3 Å². The summed E-state index contributed by atoms with van der Waals surface area (Å²) < 4.78 is 6.16. The molecule has 4 atom stereocenters. The first kappa shape index (κ1) is 44.1. The number of oxazole rings is 1. The third kappa shape index (κ3) is 10.9. The maximum absolute atomic E-state index is 13.9. The van der Waals surface area contributed by atoms with Gasteiger partial charge in [0.25, 0.3) is 0 Å². The molecule has 12 heteroatoms. The number of hydrogen-bond donors (Lipinski definition) is 2. The van der Waals surface area contributed by atoms with Crippen molar-refractivity contribution in [3.05, 3.63) is 127 Å². The Hall–Kier alpha value is -6.11. The Balaban J connectivity index is 0.746. The van der Waals surface area contributed by atoms with Gasteiger partial charge >= 0.3 is 0 Å². The zero-order valence-electron chi connectivity index (χ0n) is 37.3. The molecule has 65 heavy (non-hydrogen) atoms. The fourth-order valence-corrected chi connectivity index (χ4v) is 10.4. The molecule has 4 saturated heterocycles. The van der Waals surface area contributed by atoms with E-state index in [1.807, 2.05) is 94.7 Å². The first-order valence-corrected chi connectivity index (χ1v) is 23.8. The lowest BCUT2D eigenvalue weighted by Crippen LogP contribution is -2.52. The molecule has 4 aliphatic rings. The minimum Gasteiger partial charge on any atom is -0.436 e. The van der Waals surface area contributed by atoms with E-state index in [1.165, 1.54) is 11.1 Å². The van der Waals surface area contributed by atoms with Crippen LogP contribution in [0.5, 0.6) is 0 Å². The highest BCUT2D eigenvalue weighted by atomic mass is 16.4. The van der Waals surface area contributed by atoms with Crippen LogP contribution in [0.3, 0.4) is 0 Å². The summed E-state index contributed by atoms with van der Waals surface area (Å²) >= 11 is 0. The van der Waals surface area contributed by atoms with E-state index in [4.69, 9.17) is 4.42 Å². The lowest BCUT2D eigenvalue weighted by molar-refractivity contribution is -0.141. The quantitative estimate of drug-likeness (QED) is 0.113. The fraction of sp³-hybridized carbons (Fsp3) is 0.415. The van der Waals surface area contributed by atoms with Crippen molar-refractivity contribution in [1.29, 1.82) is 0 Å². The minimum absolute atomic E-state index is 0.106. The van der Waals surface area contributed by atoms with Crippen LogP contribution in [0.1, 0.15) is 88.2 Å². The summed E-state index contributed by atoms with van der Waals surface area (Å²) in [4.78, 5) is 67.6. The number of nitrogens with zero attached hydrogens (tertiary/aromatic N) is 5. The predicted octanol–water partition coefficient (Wildman–Crippen LogP) is 8.76. The Bertz CT molecular complexity index is 2220. The molecule has 0 saturated carbocycles. The van der Waals surface area contributed by atoms with E-state index in [0.717, 1.165) is 102 Å². The van der Waals surface area contributed by atoms with Crippen molar-refractivity contribution in [2.24, 2.45) is 0 Å². The molecule has 2 unspecified atom stereocenters. The van der Waals surface area contributed by atoms with Gasteiger partial charge in [0.15, 0.2) is 5.76 Å². The van der Waals surface area contributed by atoms with Crippen molar-refractivity contribution >= 4 is 35.0 Å². The third-order valence-corrected chi connectivity index (χ3v) is 13.8. The predicted molar refractivity (Wildman–Crippen MR) is 252 cm³/mol. The Kier molecular flexibility index (Phi) is 14.1. The molecule has 4 fully saturated rings. The number of nitrogens with one attached hydrogen (secondary N) is 2. The SMILES string of the molecule is O=C(C[C@@H]1CCCN1C(=O)C1CCCCN1Cc1ccccc1)Nc1ccc(-c2cnc(-c3ccc(NC(=O)C[C@@H]4CCCN4C(=O)C4CCCCN4Cc4ccccc4)cc3)o2)cc1. The maximum Gasteiger partial charge on any atom is 0.240 e. The van der Waals surface area contributed by atoms with Crippen molar-refractivity contribution in [3.63, 3.8) is 0 Å². The minimum atomic E-state index is -0.148. The van der Waals surface area contributed by atoms with Gasteiger partial charge in [-0.2, -0.15) is 0 Å². The zero-order valence-corrected chi connectivity index (χ0v) is 37.3. The van der Waals surface area contributed by atoms with Crippen molar-refractivity contribution in [1.82, 2.24) is 24.6 Å². The number of carbonyl (C=O) groups is 4. The average molecular weight is 876 g/mol. The molecule has 4 aromatic carbocycles. The van der Waals surface area contributed by atoms with Crippen LogP contribution < -0.4 is 10.6 Å². The molecule has 12 nitrogen and oxygen atoms in total. The molecular formula is C53H61N7O5. The highest BCUT2D eigenvalue weighted by Gasteiger charge is 2.39. The molecule has 9 rings (SSSR count). The van der Waals surface area contributed by atoms with Crippen molar-refractivity contribution in [2.75, 3.05) is 36.8 Å². The highest BCUT2D eigenvalue weighted by molar-refractivity contribution is 5.93. The van der Waals surface area contributed by atoms with E-state index in [9.17, 15) is 19.2 Å². The monoisotopic (exact) mass is 875 g/mol. The summed E-state index contributed by atoms with van der Waals surface area (Å²) in [5.41, 5.74) is 5.36. The second-order valence-electron chi connectivity index (χ2n) is 18.3. The molecule has 4 amide bonds. The van der Waals surface area contributed by atoms with Gasteiger partial charge in [0, 0.05) is 73.6 Å². The molecule has 5 aromatic rings. The van der Waals surface area contributed by atoms with Crippen LogP contribution in [0, 0.1) is 0 Å². The van der Waals surface area contributed by atoms with Gasteiger partial charge in [-0.1, -0.05) is 73.5 Å².